The number of anilines is 1. The molecule has 0 spiro atoms. The van der Waals surface area contributed by atoms with Crippen LogP contribution in [0.4, 0.5) is 5.82 Å². The molecule has 0 atom stereocenters. The molecule has 2 aromatic rings. The Hall–Kier alpha value is -1.69. The maximum absolute atomic E-state index is 11.3. The molecule has 6 heteroatoms. The first kappa shape index (κ1) is 14.3. The average molecular weight is 305 g/mol. The molecule has 5 nitrogen and oxygen atoms in total. The highest BCUT2D eigenvalue weighted by atomic mass is 32.1. The number of thiophene rings is 1. The molecule has 2 heterocycles. The molecular formula is C15H19N3O2S. The van der Waals surface area contributed by atoms with Crippen LogP contribution in [0.25, 0.3) is 10.2 Å². The first-order valence-corrected chi connectivity index (χ1v) is 8.16. The summed E-state index contributed by atoms with van der Waals surface area (Å²) in [7, 11) is 0. The molecule has 2 N–H and O–H groups in total. The van der Waals surface area contributed by atoms with E-state index in [1.54, 1.807) is 17.7 Å². The Morgan fingerprint density at radius 1 is 1.38 bits per heavy atom. The average Bonchev–Trinajstić information content (AvgIpc) is 2.82. The number of nitrogens with zero attached hydrogens (tertiary/aromatic N) is 2. The molecule has 112 valence electrons. The Morgan fingerprint density at radius 3 is 2.86 bits per heavy atom. The summed E-state index contributed by atoms with van der Waals surface area (Å²) < 4.78 is 1.02. The lowest BCUT2D eigenvalue weighted by Gasteiger charge is -2.37. The van der Waals surface area contributed by atoms with Crippen molar-refractivity contribution in [3.8, 4) is 0 Å². The van der Waals surface area contributed by atoms with E-state index in [9.17, 15) is 9.90 Å². The first-order valence-electron chi connectivity index (χ1n) is 7.28. The van der Waals surface area contributed by atoms with Gasteiger partial charge in [-0.2, -0.15) is 0 Å². The van der Waals surface area contributed by atoms with E-state index in [0.717, 1.165) is 47.3 Å². The van der Waals surface area contributed by atoms with Crippen molar-refractivity contribution < 1.29 is 9.90 Å². The summed E-state index contributed by atoms with van der Waals surface area (Å²) in [5.41, 5.74) is 1.72. The van der Waals surface area contributed by atoms with Crippen molar-refractivity contribution in [1.82, 2.24) is 9.97 Å². The van der Waals surface area contributed by atoms with Crippen LogP contribution in [0.1, 0.15) is 44.1 Å². The van der Waals surface area contributed by atoms with Gasteiger partial charge in [-0.1, -0.05) is 19.3 Å². The molecule has 1 aliphatic rings. The smallest absolute Gasteiger partial charge is 0.305 e. The second-order valence-corrected chi connectivity index (χ2v) is 6.73. The number of nitrogens with one attached hydrogen (secondary N) is 1. The molecule has 0 amide bonds. The number of aromatic nitrogens is 2. The summed E-state index contributed by atoms with van der Waals surface area (Å²) >= 11 is 1.61. The van der Waals surface area contributed by atoms with Gasteiger partial charge in [-0.05, 0) is 30.7 Å². The molecule has 0 bridgehead atoms. The fourth-order valence-corrected chi connectivity index (χ4v) is 4.12. The van der Waals surface area contributed by atoms with E-state index in [4.69, 9.17) is 0 Å². The third-order valence-electron chi connectivity index (χ3n) is 4.21. The molecule has 0 radical (unpaired) electrons. The maximum Gasteiger partial charge on any atom is 0.305 e. The van der Waals surface area contributed by atoms with Gasteiger partial charge in [-0.3, -0.25) is 4.79 Å². The van der Waals surface area contributed by atoms with Gasteiger partial charge < -0.3 is 10.4 Å². The molecule has 0 aliphatic heterocycles. The lowest BCUT2D eigenvalue weighted by atomic mass is 9.79. The monoisotopic (exact) mass is 305 g/mol. The zero-order valence-electron chi connectivity index (χ0n) is 12.1. The van der Waals surface area contributed by atoms with Gasteiger partial charge in [0, 0.05) is 5.54 Å². The number of hydrogen-bond donors (Lipinski definition) is 2. The SMILES string of the molecule is Cc1csc2c(NC3(CC(=O)O)CCCCC3)ncnc12. The van der Waals surface area contributed by atoms with Crippen LogP contribution in [0.3, 0.4) is 0 Å². The van der Waals surface area contributed by atoms with E-state index in [2.05, 4.69) is 20.7 Å². The Balaban J connectivity index is 1.95. The number of hydrogen-bond acceptors (Lipinski definition) is 5. The van der Waals surface area contributed by atoms with Crippen molar-refractivity contribution in [2.75, 3.05) is 5.32 Å². The van der Waals surface area contributed by atoms with Gasteiger partial charge in [-0.25, -0.2) is 9.97 Å². The summed E-state index contributed by atoms with van der Waals surface area (Å²) in [5.74, 6) is 0.0262. The summed E-state index contributed by atoms with van der Waals surface area (Å²) in [5, 5.41) is 14.8. The van der Waals surface area contributed by atoms with Crippen molar-refractivity contribution in [3.63, 3.8) is 0 Å². The molecule has 1 fully saturated rings. The summed E-state index contributed by atoms with van der Waals surface area (Å²) in [6.45, 7) is 2.03. The van der Waals surface area contributed by atoms with Gasteiger partial charge in [0.05, 0.1) is 16.6 Å². The van der Waals surface area contributed by atoms with Crippen molar-refractivity contribution in [2.24, 2.45) is 0 Å². The predicted molar refractivity (Wildman–Crippen MR) is 83.8 cm³/mol. The van der Waals surface area contributed by atoms with E-state index in [-0.39, 0.29) is 12.0 Å². The van der Waals surface area contributed by atoms with Gasteiger partial charge in [0.15, 0.2) is 0 Å². The van der Waals surface area contributed by atoms with Gasteiger partial charge in [0.25, 0.3) is 0 Å². The fraction of sp³-hybridized carbons (Fsp3) is 0.533. The van der Waals surface area contributed by atoms with Gasteiger partial charge in [0.1, 0.15) is 12.1 Å². The van der Waals surface area contributed by atoms with Crippen molar-refractivity contribution in [3.05, 3.63) is 17.3 Å². The minimum absolute atomic E-state index is 0.142. The zero-order valence-corrected chi connectivity index (χ0v) is 12.9. The number of aliphatic carboxylic acids is 1. The van der Waals surface area contributed by atoms with Crippen LogP contribution in [-0.4, -0.2) is 26.6 Å². The molecule has 1 aliphatic carbocycles. The van der Waals surface area contributed by atoms with E-state index in [0.29, 0.717) is 0 Å². The van der Waals surface area contributed by atoms with Gasteiger partial charge in [-0.15, -0.1) is 11.3 Å². The lowest BCUT2D eigenvalue weighted by molar-refractivity contribution is -0.138. The Labute approximate surface area is 127 Å². The van der Waals surface area contributed by atoms with Gasteiger partial charge in [0.2, 0.25) is 0 Å². The lowest BCUT2D eigenvalue weighted by Crippen LogP contribution is -2.42. The molecule has 0 saturated heterocycles. The highest BCUT2D eigenvalue weighted by Crippen LogP contribution is 2.37. The van der Waals surface area contributed by atoms with Crippen LogP contribution < -0.4 is 5.32 Å². The normalized spacial score (nSPS) is 17.8. The molecule has 1 saturated carbocycles. The quantitative estimate of drug-likeness (QED) is 0.903. The van der Waals surface area contributed by atoms with Crippen molar-refractivity contribution in [1.29, 1.82) is 0 Å². The third-order valence-corrected chi connectivity index (χ3v) is 5.31. The second-order valence-electron chi connectivity index (χ2n) is 5.86. The van der Waals surface area contributed by atoms with Gasteiger partial charge >= 0.3 is 5.97 Å². The van der Waals surface area contributed by atoms with E-state index >= 15 is 0 Å². The molecule has 3 rings (SSSR count). The number of rotatable bonds is 4. The number of aryl methyl sites for hydroxylation is 1. The zero-order chi connectivity index (χ0) is 14.9. The maximum atomic E-state index is 11.3. The second kappa shape index (κ2) is 5.60. The van der Waals surface area contributed by atoms with Crippen LogP contribution >= 0.6 is 11.3 Å². The Bertz CT molecular complexity index is 662. The number of carboxylic acid groups (broad SMARTS) is 1. The van der Waals surface area contributed by atoms with Crippen LogP contribution in [-0.2, 0) is 4.79 Å². The van der Waals surface area contributed by atoms with Crippen LogP contribution in [0, 0.1) is 6.92 Å². The Kier molecular flexibility index (Phi) is 3.80. The Morgan fingerprint density at radius 2 is 2.14 bits per heavy atom. The minimum Gasteiger partial charge on any atom is -0.481 e. The fourth-order valence-electron chi connectivity index (χ4n) is 3.17. The highest BCUT2D eigenvalue weighted by Gasteiger charge is 2.35. The summed E-state index contributed by atoms with van der Waals surface area (Å²) in [6.07, 6.45) is 6.78. The van der Waals surface area contributed by atoms with Crippen LogP contribution in [0.5, 0.6) is 0 Å². The van der Waals surface area contributed by atoms with E-state index in [1.807, 2.05) is 6.92 Å². The number of carbonyl (C=O) groups is 1. The number of fused-ring (bicyclic) bond motifs is 1. The standard InChI is InChI=1S/C15H19N3O2S/c1-10-8-21-13-12(10)16-9-17-14(13)18-15(7-11(19)20)5-3-2-4-6-15/h8-9H,2-7H2,1H3,(H,19,20)(H,16,17,18). The highest BCUT2D eigenvalue weighted by molar-refractivity contribution is 7.18. The largest absolute Gasteiger partial charge is 0.481 e. The van der Waals surface area contributed by atoms with Crippen LogP contribution in [0.2, 0.25) is 0 Å². The third kappa shape index (κ3) is 2.85. The molecular weight excluding hydrogens is 286 g/mol. The summed E-state index contributed by atoms with van der Waals surface area (Å²) in [6, 6.07) is 0. The molecule has 2 aromatic heterocycles. The summed E-state index contributed by atoms with van der Waals surface area (Å²) in [4.78, 5) is 19.9. The van der Waals surface area contributed by atoms with Crippen molar-refractivity contribution in [2.45, 2.75) is 51.0 Å². The number of carboxylic acids is 1. The molecule has 0 aromatic carbocycles. The van der Waals surface area contributed by atoms with Crippen molar-refractivity contribution >= 4 is 33.3 Å². The minimum atomic E-state index is -0.753. The van der Waals surface area contributed by atoms with E-state index in [1.165, 1.54) is 6.42 Å². The molecule has 21 heavy (non-hydrogen) atoms. The van der Waals surface area contributed by atoms with E-state index < -0.39 is 5.97 Å². The predicted octanol–water partition coefficient (Wildman–Crippen LogP) is 3.59. The van der Waals surface area contributed by atoms with Crippen LogP contribution in [0.15, 0.2) is 11.7 Å². The molecule has 0 unspecified atom stereocenters. The first-order chi connectivity index (χ1) is 10.1. The topological polar surface area (TPSA) is 75.1 Å².